The fourth-order valence-electron chi connectivity index (χ4n) is 1.54. The Hall–Kier alpha value is -3.29. The Kier molecular flexibility index (Phi) is 3.89. The molecule has 2 rings (SSSR count). The van der Waals surface area contributed by atoms with Gasteiger partial charge in [-0.1, -0.05) is 0 Å². The van der Waals surface area contributed by atoms with E-state index >= 15 is 0 Å². The Bertz CT molecular complexity index is 725. The number of nitrogens with two attached hydrogens (primary N) is 1. The highest BCUT2D eigenvalue weighted by Gasteiger charge is 2.17. The first-order valence-corrected chi connectivity index (χ1v) is 5.76. The summed E-state index contributed by atoms with van der Waals surface area (Å²) in [4.78, 5) is 21.1. The number of carboxylic acid groups (broad SMARTS) is 1. The van der Waals surface area contributed by atoms with Gasteiger partial charge in [-0.25, -0.2) is 4.79 Å². The van der Waals surface area contributed by atoms with E-state index in [2.05, 4.69) is 10.2 Å². The molecule has 0 aliphatic rings. The normalized spacial score (nSPS) is 10.7. The van der Waals surface area contributed by atoms with Crippen molar-refractivity contribution in [2.24, 2.45) is 10.2 Å². The number of nitrogen functional groups attached to an aromatic ring is 1. The van der Waals surface area contributed by atoms with E-state index in [1.165, 1.54) is 12.1 Å². The van der Waals surface area contributed by atoms with Gasteiger partial charge in [-0.2, -0.15) is 5.11 Å². The van der Waals surface area contributed by atoms with Crippen LogP contribution >= 0.6 is 0 Å². The number of hydrogen-bond donors (Lipinski definition) is 2. The Labute approximate surface area is 118 Å². The van der Waals surface area contributed by atoms with E-state index in [0.717, 1.165) is 6.07 Å². The zero-order chi connectivity index (χ0) is 15.4. The average Bonchev–Trinajstić information content (AvgIpc) is 2.46. The van der Waals surface area contributed by atoms with Crippen LogP contribution in [0.1, 0.15) is 10.4 Å². The third kappa shape index (κ3) is 3.38. The lowest BCUT2D eigenvalue weighted by Crippen LogP contribution is -1.97. The van der Waals surface area contributed by atoms with Gasteiger partial charge in [-0.05, 0) is 36.4 Å². The van der Waals surface area contributed by atoms with Crippen LogP contribution in [-0.4, -0.2) is 16.0 Å². The molecule has 0 aromatic heterocycles. The highest BCUT2D eigenvalue weighted by molar-refractivity contribution is 5.89. The van der Waals surface area contributed by atoms with Gasteiger partial charge in [-0.15, -0.1) is 5.11 Å². The summed E-state index contributed by atoms with van der Waals surface area (Å²) in [6, 6.07) is 9.87. The Morgan fingerprint density at radius 2 is 1.81 bits per heavy atom. The van der Waals surface area contributed by atoms with Crippen molar-refractivity contribution >= 4 is 28.7 Å². The minimum Gasteiger partial charge on any atom is -0.478 e. The van der Waals surface area contributed by atoms with Crippen LogP contribution in [0.25, 0.3) is 0 Å². The van der Waals surface area contributed by atoms with Crippen molar-refractivity contribution in [3.63, 3.8) is 0 Å². The molecule has 0 heterocycles. The fourth-order valence-corrected chi connectivity index (χ4v) is 1.54. The molecule has 0 atom stereocenters. The molecule has 0 amide bonds. The van der Waals surface area contributed by atoms with Gasteiger partial charge >= 0.3 is 5.97 Å². The molecule has 3 N–H and O–H groups in total. The molecule has 0 fully saturated rings. The number of carbonyl (C=O) groups is 1. The van der Waals surface area contributed by atoms with Crippen molar-refractivity contribution in [2.75, 3.05) is 5.73 Å². The van der Waals surface area contributed by atoms with Crippen LogP contribution in [0.3, 0.4) is 0 Å². The molecule has 0 saturated heterocycles. The molecule has 2 aromatic rings. The Morgan fingerprint density at radius 1 is 1.14 bits per heavy atom. The smallest absolute Gasteiger partial charge is 0.335 e. The first-order valence-electron chi connectivity index (χ1n) is 5.76. The molecule has 0 radical (unpaired) electrons. The van der Waals surface area contributed by atoms with Crippen molar-refractivity contribution in [3.8, 4) is 0 Å². The maximum Gasteiger partial charge on any atom is 0.335 e. The molecule has 0 spiro atoms. The van der Waals surface area contributed by atoms with Gasteiger partial charge < -0.3 is 10.8 Å². The van der Waals surface area contributed by atoms with Crippen LogP contribution in [-0.2, 0) is 0 Å². The van der Waals surface area contributed by atoms with Gasteiger partial charge in [0.15, 0.2) is 5.69 Å². The zero-order valence-corrected chi connectivity index (χ0v) is 10.6. The van der Waals surface area contributed by atoms with E-state index in [-0.39, 0.29) is 11.3 Å². The Morgan fingerprint density at radius 3 is 2.38 bits per heavy atom. The molecule has 8 heteroatoms. The largest absolute Gasteiger partial charge is 0.478 e. The molecule has 2 aromatic carbocycles. The molecule has 0 aliphatic heterocycles. The van der Waals surface area contributed by atoms with Gasteiger partial charge in [0.05, 0.1) is 16.2 Å². The SMILES string of the molecule is Nc1ccc(N=Nc2ccc(C(=O)O)cc2[N+](=O)[O-])cc1. The number of benzene rings is 2. The van der Waals surface area contributed by atoms with E-state index in [0.29, 0.717) is 11.4 Å². The third-order valence-electron chi connectivity index (χ3n) is 2.59. The summed E-state index contributed by atoms with van der Waals surface area (Å²) < 4.78 is 0. The number of aromatic carboxylic acids is 1. The second-order valence-electron chi connectivity index (χ2n) is 4.06. The lowest BCUT2D eigenvalue weighted by molar-refractivity contribution is -0.384. The maximum absolute atomic E-state index is 10.9. The number of nitrogens with zero attached hydrogens (tertiary/aromatic N) is 3. The highest BCUT2D eigenvalue weighted by atomic mass is 16.6. The number of hydrogen-bond acceptors (Lipinski definition) is 6. The number of carboxylic acids is 1. The second kappa shape index (κ2) is 5.78. The number of nitro groups is 1. The fraction of sp³-hybridized carbons (Fsp3) is 0. The maximum atomic E-state index is 10.9. The molecule has 0 saturated carbocycles. The van der Waals surface area contributed by atoms with E-state index in [1.807, 2.05) is 0 Å². The zero-order valence-electron chi connectivity index (χ0n) is 10.6. The van der Waals surface area contributed by atoms with Crippen LogP contribution < -0.4 is 5.73 Å². The molecule has 0 aliphatic carbocycles. The van der Waals surface area contributed by atoms with E-state index < -0.39 is 16.6 Å². The molecule has 0 unspecified atom stereocenters. The summed E-state index contributed by atoms with van der Waals surface area (Å²) in [6.07, 6.45) is 0. The van der Waals surface area contributed by atoms with Gasteiger partial charge in [0.2, 0.25) is 0 Å². The number of rotatable bonds is 4. The van der Waals surface area contributed by atoms with Gasteiger partial charge in [0.1, 0.15) is 0 Å². The summed E-state index contributed by atoms with van der Waals surface area (Å²) in [5, 5.41) is 27.4. The molecule has 8 nitrogen and oxygen atoms in total. The number of nitro benzene ring substituents is 1. The number of azo groups is 1. The third-order valence-corrected chi connectivity index (χ3v) is 2.59. The predicted octanol–water partition coefficient (Wildman–Crippen LogP) is 3.29. The molecule has 21 heavy (non-hydrogen) atoms. The summed E-state index contributed by atoms with van der Waals surface area (Å²) in [6.45, 7) is 0. The average molecular weight is 286 g/mol. The van der Waals surface area contributed by atoms with Crippen molar-refractivity contribution in [1.29, 1.82) is 0 Å². The van der Waals surface area contributed by atoms with Crippen LogP contribution in [0.4, 0.5) is 22.7 Å². The molecule has 0 bridgehead atoms. The Balaban J connectivity index is 2.37. The molecular formula is C13H10N4O4. The highest BCUT2D eigenvalue weighted by Crippen LogP contribution is 2.30. The van der Waals surface area contributed by atoms with Crippen molar-refractivity contribution in [1.82, 2.24) is 0 Å². The van der Waals surface area contributed by atoms with Crippen LogP contribution in [0.5, 0.6) is 0 Å². The minimum absolute atomic E-state index is 0.0261. The minimum atomic E-state index is -1.25. The first-order chi connectivity index (χ1) is 9.97. The first kappa shape index (κ1) is 14.1. The van der Waals surface area contributed by atoms with E-state index in [9.17, 15) is 14.9 Å². The van der Waals surface area contributed by atoms with Gasteiger partial charge in [0, 0.05) is 11.8 Å². The molecular weight excluding hydrogens is 276 g/mol. The monoisotopic (exact) mass is 286 g/mol. The van der Waals surface area contributed by atoms with Gasteiger partial charge in [0.25, 0.3) is 5.69 Å². The molecule has 106 valence electrons. The summed E-state index contributed by atoms with van der Waals surface area (Å²) >= 11 is 0. The summed E-state index contributed by atoms with van der Waals surface area (Å²) in [5.41, 5.74) is 5.92. The predicted molar refractivity (Wildman–Crippen MR) is 75.1 cm³/mol. The van der Waals surface area contributed by atoms with Crippen LogP contribution in [0.2, 0.25) is 0 Å². The van der Waals surface area contributed by atoms with E-state index in [1.54, 1.807) is 24.3 Å². The second-order valence-corrected chi connectivity index (χ2v) is 4.06. The lowest BCUT2D eigenvalue weighted by atomic mass is 10.2. The number of anilines is 1. The topological polar surface area (TPSA) is 131 Å². The van der Waals surface area contributed by atoms with Crippen LogP contribution in [0, 0.1) is 10.1 Å². The van der Waals surface area contributed by atoms with Crippen molar-refractivity contribution in [2.45, 2.75) is 0 Å². The van der Waals surface area contributed by atoms with Crippen molar-refractivity contribution < 1.29 is 14.8 Å². The van der Waals surface area contributed by atoms with E-state index in [4.69, 9.17) is 10.8 Å². The van der Waals surface area contributed by atoms with Crippen LogP contribution in [0.15, 0.2) is 52.7 Å². The van der Waals surface area contributed by atoms with Gasteiger partial charge in [-0.3, -0.25) is 10.1 Å². The van der Waals surface area contributed by atoms with Crippen molar-refractivity contribution in [3.05, 3.63) is 58.1 Å². The lowest BCUT2D eigenvalue weighted by Gasteiger charge is -1.99. The standard InChI is InChI=1S/C13H10N4O4/c14-9-2-4-10(5-3-9)15-16-11-6-1-8(13(18)19)7-12(11)17(20)21/h1-7H,14H2,(H,18,19). The summed E-state index contributed by atoms with van der Waals surface area (Å²) in [5.74, 6) is -1.25. The quantitative estimate of drug-likeness (QED) is 0.385. The summed E-state index contributed by atoms with van der Waals surface area (Å²) in [7, 11) is 0.